The van der Waals surface area contributed by atoms with E-state index >= 15 is 0 Å². The third-order valence-corrected chi connectivity index (χ3v) is 5.69. The van der Waals surface area contributed by atoms with E-state index in [1.807, 2.05) is 0 Å². The molecule has 0 aromatic heterocycles. The van der Waals surface area contributed by atoms with Gasteiger partial charge in [0.1, 0.15) is 0 Å². The third kappa shape index (κ3) is 0.453. The summed E-state index contributed by atoms with van der Waals surface area (Å²) in [6.45, 7) is 0. The molecule has 0 unspecified atom stereocenters. The van der Waals surface area contributed by atoms with E-state index in [1.165, 1.54) is 0 Å². The zero-order valence-electron chi connectivity index (χ0n) is 3.20. The molecule has 2 aliphatic rings. The van der Waals surface area contributed by atoms with Crippen LogP contribution in [0.3, 0.4) is 0 Å². The topological polar surface area (TPSA) is 0 Å². The molecule has 0 bridgehead atoms. The molecule has 0 amide bonds. The largest absolute Gasteiger partial charge is 0.0506 e. The van der Waals surface area contributed by atoms with Crippen molar-refractivity contribution in [2.45, 2.75) is 0 Å². The fraction of sp³-hybridized carbons (Fsp3) is 0. The van der Waals surface area contributed by atoms with Crippen LogP contribution in [0.1, 0.15) is 0 Å². The molecule has 2 heterocycles. The number of hydrogen-bond donors (Lipinski definition) is 0. The molecule has 2 rings (SSSR count). The second-order valence-electron chi connectivity index (χ2n) is 1.36. The van der Waals surface area contributed by atoms with Crippen molar-refractivity contribution < 1.29 is 0 Å². The molecule has 0 nitrogen and oxygen atoms in total. The van der Waals surface area contributed by atoms with Crippen LogP contribution >= 0.6 is 15.2 Å². The summed E-state index contributed by atoms with van der Waals surface area (Å²) >= 11 is 0. The van der Waals surface area contributed by atoms with Crippen LogP contribution in [0.2, 0.25) is 0 Å². The van der Waals surface area contributed by atoms with Crippen LogP contribution in [0.5, 0.6) is 0 Å². The summed E-state index contributed by atoms with van der Waals surface area (Å²) in [6, 6.07) is 0. The minimum Gasteiger partial charge on any atom is -0.0506 e. The Bertz CT molecular complexity index is 97.5. The van der Waals surface area contributed by atoms with Crippen LogP contribution in [-0.2, 0) is 0 Å². The van der Waals surface area contributed by atoms with E-state index < -0.39 is 0 Å². The average molecular weight is 114 g/mol. The first kappa shape index (κ1) is 3.36. The van der Waals surface area contributed by atoms with Crippen molar-refractivity contribution >= 4 is 15.2 Å². The SMILES string of the molecule is C1=CP1P1C=C1. The van der Waals surface area contributed by atoms with Gasteiger partial charge in [-0.1, -0.05) is 23.3 Å². The Morgan fingerprint density at radius 3 is 1.17 bits per heavy atom. The van der Waals surface area contributed by atoms with E-state index in [9.17, 15) is 0 Å². The van der Waals surface area contributed by atoms with Gasteiger partial charge in [0.2, 0.25) is 0 Å². The molecule has 0 saturated carbocycles. The lowest BCUT2D eigenvalue weighted by atomic mass is 11.3. The zero-order valence-corrected chi connectivity index (χ0v) is 4.99. The Kier molecular flexibility index (Phi) is 0.526. The molecule has 0 fully saturated rings. The van der Waals surface area contributed by atoms with Gasteiger partial charge in [0.15, 0.2) is 0 Å². The number of rotatable bonds is 1. The second kappa shape index (κ2) is 0.941. The molecular weight excluding hydrogens is 110 g/mol. The van der Waals surface area contributed by atoms with Gasteiger partial charge in [0, 0.05) is 0 Å². The van der Waals surface area contributed by atoms with Gasteiger partial charge in [0.25, 0.3) is 0 Å². The van der Waals surface area contributed by atoms with E-state index in [4.69, 9.17) is 0 Å². The molecule has 30 valence electrons. The molecule has 6 heavy (non-hydrogen) atoms. The molecule has 0 radical (unpaired) electrons. The molecule has 0 saturated heterocycles. The normalized spacial score (nSPS) is 28.7. The summed E-state index contributed by atoms with van der Waals surface area (Å²) in [4.78, 5) is 0. The average Bonchev–Trinajstić information content (AvgIpc) is 2.26. The molecule has 0 aliphatic carbocycles. The van der Waals surface area contributed by atoms with Crippen molar-refractivity contribution in [3.8, 4) is 0 Å². The van der Waals surface area contributed by atoms with Gasteiger partial charge >= 0.3 is 0 Å². The highest BCUT2D eigenvalue weighted by Crippen LogP contribution is 2.86. The zero-order chi connectivity index (χ0) is 3.98. The van der Waals surface area contributed by atoms with Crippen molar-refractivity contribution in [3.63, 3.8) is 0 Å². The van der Waals surface area contributed by atoms with E-state index in [1.54, 1.807) is 0 Å². The van der Waals surface area contributed by atoms with Gasteiger partial charge in [-0.3, -0.25) is 0 Å². The highest BCUT2D eigenvalue weighted by atomic mass is 32.1. The van der Waals surface area contributed by atoms with Crippen molar-refractivity contribution in [3.05, 3.63) is 23.3 Å². The third-order valence-electron chi connectivity index (χ3n) is 0.831. The van der Waals surface area contributed by atoms with E-state index in [2.05, 4.69) is 23.3 Å². The highest BCUT2D eigenvalue weighted by Gasteiger charge is 2.24. The second-order valence-corrected chi connectivity index (χ2v) is 6.84. The Labute approximate surface area is 39.3 Å². The maximum atomic E-state index is 2.33. The molecule has 0 aromatic rings. The van der Waals surface area contributed by atoms with Gasteiger partial charge in [-0.2, -0.15) is 0 Å². The van der Waals surface area contributed by atoms with Crippen LogP contribution < -0.4 is 0 Å². The van der Waals surface area contributed by atoms with Crippen LogP contribution in [-0.4, -0.2) is 0 Å². The summed E-state index contributed by atoms with van der Waals surface area (Å²) in [7, 11) is 0.811. The summed E-state index contributed by atoms with van der Waals surface area (Å²) < 4.78 is 0. The number of hydrogen-bond acceptors (Lipinski definition) is 0. The minimum absolute atomic E-state index is 0.405. The lowest BCUT2D eigenvalue weighted by molar-refractivity contribution is 2.81. The Hall–Kier alpha value is 0.340. The van der Waals surface area contributed by atoms with E-state index in [0.717, 1.165) is 0 Å². The summed E-state index contributed by atoms with van der Waals surface area (Å²) in [5, 5.41) is 0. The summed E-state index contributed by atoms with van der Waals surface area (Å²) in [6.07, 6.45) is 0. The van der Waals surface area contributed by atoms with Crippen LogP contribution in [0.4, 0.5) is 0 Å². The first-order valence-corrected chi connectivity index (χ1v) is 5.57. The monoisotopic (exact) mass is 114 g/mol. The molecule has 2 aliphatic heterocycles. The lowest BCUT2D eigenvalue weighted by Gasteiger charge is -1.83. The quantitative estimate of drug-likeness (QED) is 0.460. The highest BCUT2D eigenvalue weighted by molar-refractivity contribution is 8.40. The van der Waals surface area contributed by atoms with E-state index in [-0.39, 0.29) is 0 Å². The van der Waals surface area contributed by atoms with Gasteiger partial charge in [-0.15, -0.1) is 0 Å². The smallest absolute Gasteiger partial charge is 0.0259 e. The molecule has 2 heteroatoms. The van der Waals surface area contributed by atoms with Gasteiger partial charge in [-0.05, 0) is 15.2 Å². The first-order valence-electron chi connectivity index (χ1n) is 1.90. The van der Waals surface area contributed by atoms with Crippen molar-refractivity contribution in [1.29, 1.82) is 0 Å². The fourth-order valence-corrected chi connectivity index (χ4v) is 4.38. The minimum atomic E-state index is 0.405. The van der Waals surface area contributed by atoms with Crippen LogP contribution in [0, 0.1) is 0 Å². The van der Waals surface area contributed by atoms with Crippen LogP contribution in [0.15, 0.2) is 23.3 Å². The van der Waals surface area contributed by atoms with Gasteiger partial charge in [-0.25, -0.2) is 0 Å². The predicted molar refractivity (Wildman–Crippen MR) is 32.1 cm³/mol. The van der Waals surface area contributed by atoms with Gasteiger partial charge < -0.3 is 0 Å². The Balaban J connectivity index is 1.97. The van der Waals surface area contributed by atoms with Crippen molar-refractivity contribution in [2.75, 3.05) is 0 Å². The van der Waals surface area contributed by atoms with E-state index in [0.29, 0.717) is 15.2 Å². The van der Waals surface area contributed by atoms with Crippen molar-refractivity contribution in [1.82, 2.24) is 0 Å². The maximum Gasteiger partial charge on any atom is -0.0259 e. The van der Waals surface area contributed by atoms with Crippen LogP contribution in [0.25, 0.3) is 0 Å². The first-order chi connectivity index (χ1) is 2.97. The maximum absolute atomic E-state index is 2.33. The van der Waals surface area contributed by atoms with Crippen molar-refractivity contribution in [2.24, 2.45) is 0 Å². The predicted octanol–water partition coefficient (Wildman–Crippen LogP) is 2.83. The summed E-state index contributed by atoms with van der Waals surface area (Å²) in [5.41, 5.74) is 0. The fourth-order valence-electron chi connectivity index (χ4n) is 0.368. The lowest BCUT2D eigenvalue weighted by Crippen LogP contribution is -1.14. The molecule has 0 spiro atoms. The molecular formula is C4H4P2. The molecule has 0 N–H and O–H groups in total. The molecule has 0 aromatic carbocycles. The standard InChI is InChI=1S/C4H4P2/c1-2-5(1)6-3-4-6/h1-4H. The summed E-state index contributed by atoms with van der Waals surface area (Å²) in [5.74, 6) is 9.34. The Morgan fingerprint density at radius 1 is 0.667 bits per heavy atom. The van der Waals surface area contributed by atoms with Gasteiger partial charge in [0.05, 0.1) is 0 Å². The Morgan fingerprint density at radius 2 is 1.00 bits per heavy atom. The molecule has 0 atom stereocenters.